The molecule has 0 spiro atoms. The van der Waals surface area contributed by atoms with Crippen LogP contribution in [-0.4, -0.2) is 45.2 Å². The van der Waals surface area contributed by atoms with E-state index < -0.39 is 0 Å². The minimum Gasteiger partial charge on any atom is -0.472 e. The highest BCUT2D eigenvalue weighted by Crippen LogP contribution is 2.21. The van der Waals surface area contributed by atoms with E-state index in [0.29, 0.717) is 36.1 Å². The lowest BCUT2D eigenvalue weighted by molar-refractivity contribution is 0.0765. The second kappa shape index (κ2) is 6.43. The van der Waals surface area contributed by atoms with Crippen molar-refractivity contribution in [3.63, 3.8) is 0 Å². The molecule has 128 valence electrons. The van der Waals surface area contributed by atoms with Crippen LogP contribution in [0.15, 0.2) is 47.1 Å². The van der Waals surface area contributed by atoms with E-state index in [4.69, 9.17) is 9.15 Å². The largest absolute Gasteiger partial charge is 0.472 e. The monoisotopic (exact) mass is 338 g/mol. The number of carbonyl (C=O) groups is 1. The van der Waals surface area contributed by atoms with E-state index in [2.05, 4.69) is 15.2 Å². The Morgan fingerprint density at radius 2 is 2.28 bits per heavy atom. The molecule has 1 atom stereocenters. The number of amides is 1. The standard InChI is InChI=1S/C18H18N4O3/c1-12-4-2-6-17(19-12)25-13-7-8-22(11-13)18(23)15-10-14(20-21-15)16-5-3-9-24-16/h2-6,9-10,13H,7-8,11H2,1H3,(H,20,21). The van der Waals surface area contributed by atoms with Crippen LogP contribution in [0.1, 0.15) is 22.6 Å². The van der Waals surface area contributed by atoms with Gasteiger partial charge in [-0.05, 0) is 25.1 Å². The van der Waals surface area contributed by atoms with Gasteiger partial charge in [-0.2, -0.15) is 5.10 Å². The molecule has 4 heterocycles. The first kappa shape index (κ1) is 15.4. The maximum absolute atomic E-state index is 12.6. The van der Waals surface area contributed by atoms with Gasteiger partial charge in [-0.1, -0.05) is 6.07 Å². The third-order valence-electron chi connectivity index (χ3n) is 4.17. The summed E-state index contributed by atoms with van der Waals surface area (Å²) in [6.45, 7) is 3.08. The summed E-state index contributed by atoms with van der Waals surface area (Å²) in [6, 6.07) is 11.0. The molecule has 3 aromatic rings. The van der Waals surface area contributed by atoms with Gasteiger partial charge in [-0.25, -0.2) is 4.98 Å². The molecule has 0 bridgehead atoms. The van der Waals surface area contributed by atoms with Crippen molar-refractivity contribution < 1.29 is 13.9 Å². The number of ether oxygens (including phenoxy) is 1. The molecule has 4 rings (SSSR count). The van der Waals surface area contributed by atoms with Crippen LogP contribution < -0.4 is 4.74 Å². The van der Waals surface area contributed by atoms with Crippen LogP contribution in [0, 0.1) is 6.92 Å². The van der Waals surface area contributed by atoms with Gasteiger partial charge in [0.05, 0.1) is 12.8 Å². The highest BCUT2D eigenvalue weighted by molar-refractivity contribution is 5.93. The zero-order chi connectivity index (χ0) is 17.2. The van der Waals surface area contributed by atoms with Gasteiger partial charge in [-0.3, -0.25) is 9.89 Å². The van der Waals surface area contributed by atoms with E-state index in [1.807, 2.05) is 31.2 Å². The zero-order valence-corrected chi connectivity index (χ0v) is 13.8. The summed E-state index contributed by atoms with van der Waals surface area (Å²) in [5.74, 6) is 1.14. The molecule has 0 saturated carbocycles. The van der Waals surface area contributed by atoms with E-state index in [1.54, 1.807) is 23.3 Å². The Kier molecular flexibility index (Phi) is 3.97. The van der Waals surface area contributed by atoms with Gasteiger partial charge >= 0.3 is 0 Å². The van der Waals surface area contributed by atoms with Gasteiger partial charge < -0.3 is 14.1 Å². The predicted molar refractivity (Wildman–Crippen MR) is 90.2 cm³/mol. The van der Waals surface area contributed by atoms with Crippen LogP contribution in [0.3, 0.4) is 0 Å². The molecule has 1 saturated heterocycles. The zero-order valence-electron chi connectivity index (χ0n) is 13.8. The van der Waals surface area contributed by atoms with Crippen molar-refractivity contribution in [3.05, 3.63) is 54.0 Å². The molecule has 7 heteroatoms. The Morgan fingerprint density at radius 1 is 1.36 bits per heavy atom. The molecule has 3 aromatic heterocycles. The quantitative estimate of drug-likeness (QED) is 0.790. The summed E-state index contributed by atoms with van der Waals surface area (Å²) in [7, 11) is 0. The third-order valence-corrected chi connectivity index (χ3v) is 4.17. The number of nitrogens with one attached hydrogen (secondary N) is 1. The fourth-order valence-electron chi connectivity index (χ4n) is 2.91. The van der Waals surface area contributed by atoms with E-state index >= 15 is 0 Å². The number of H-pyrrole nitrogens is 1. The highest BCUT2D eigenvalue weighted by atomic mass is 16.5. The number of likely N-dealkylation sites (tertiary alicyclic amines) is 1. The number of aromatic nitrogens is 3. The van der Waals surface area contributed by atoms with E-state index in [-0.39, 0.29) is 12.0 Å². The Hall–Kier alpha value is -3.09. The number of hydrogen-bond acceptors (Lipinski definition) is 5. The van der Waals surface area contributed by atoms with Gasteiger partial charge in [0.2, 0.25) is 5.88 Å². The fraction of sp³-hybridized carbons (Fsp3) is 0.278. The van der Waals surface area contributed by atoms with Crippen molar-refractivity contribution in [2.45, 2.75) is 19.4 Å². The molecular weight excluding hydrogens is 320 g/mol. The Labute approximate surface area is 144 Å². The number of hydrogen-bond donors (Lipinski definition) is 1. The van der Waals surface area contributed by atoms with Gasteiger partial charge in [0.15, 0.2) is 11.5 Å². The van der Waals surface area contributed by atoms with Crippen LogP contribution in [0.25, 0.3) is 11.5 Å². The number of aryl methyl sites for hydroxylation is 1. The van der Waals surface area contributed by atoms with Gasteiger partial charge in [0.25, 0.3) is 5.91 Å². The fourth-order valence-corrected chi connectivity index (χ4v) is 2.91. The summed E-state index contributed by atoms with van der Waals surface area (Å²) in [4.78, 5) is 18.7. The summed E-state index contributed by atoms with van der Waals surface area (Å²) >= 11 is 0. The average Bonchev–Trinajstić information content (AvgIpc) is 3.35. The second-order valence-corrected chi connectivity index (χ2v) is 6.04. The molecule has 1 unspecified atom stereocenters. The van der Waals surface area contributed by atoms with Crippen LogP contribution in [0.4, 0.5) is 0 Å². The molecule has 1 fully saturated rings. The van der Waals surface area contributed by atoms with Gasteiger partial charge in [-0.15, -0.1) is 0 Å². The first-order valence-electron chi connectivity index (χ1n) is 8.18. The minimum absolute atomic E-state index is 0.0539. The molecular formula is C18H18N4O3. The number of carbonyl (C=O) groups excluding carboxylic acids is 1. The van der Waals surface area contributed by atoms with Crippen LogP contribution in [0.2, 0.25) is 0 Å². The average molecular weight is 338 g/mol. The maximum atomic E-state index is 12.6. The molecule has 25 heavy (non-hydrogen) atoms. The van der Waals surface area contributed by atoms with Crippen molar-refractivity contribution in [2.24, 2.45) is 0 Å². The van der Waals surface area contributed by atoms with Crippen molar-refractivity contribution in [2.75, 3.05) is 13.1 Å². The van der Waals surface area contributed by atoms with Gasteiger partial charge in [0, 0.05) is 30.8 Å². The third kappa shape index (κ3) is 3.26. The smallest absolute Gasteiger partial charge is 0.274 e. The van der Waals surface area contributed by atoms with E-state index in [0.717, 1.165) is 12.1 Å². The normalized spacial score (nSPS) is 17.0. The lowest BCUT2D eigenvalue weighted by Gasteiger charge is -2.16. The first-order chi connectivity index (χ1) is 12.2. The summed E-state index contributed by atoms with van der Waals surface area (Å²) in [6.07, 6.45) is 2.30. The number of pyridine rings is 1. The Bertz CT molecular complexity index is 872. The Balaban J connectivity index is 1.40. The van der Waals surface area contributed by atoms with E-state index in [1.165, 1.54) is 0 Å². The Morgan fingerprint density at radius 3 is 3.08 bits per heavy atom. The first-order valence-corrected chi connectivity index (χ1v) is 8.18. The number of nitrogens with zero attached hydrogens (tertiary/aromatic N) is 3. The number of furan rings is 1. The molecule has 0 aromatic carbocycles. The summed E-state index contributed by atoms with van der Waals surface area (Å²) in [5, 5.41) is 6.95. The minimum atomic E-state index is -0.114. The van der Waals surface area contributed by atoms with E-state index in [9.17, 15) is 4.79 Å². The summed E-state index contributed by atoms with van der Waals surface area (Å²) < 4.78 is 11.2. The van der Waals surface area contributed by atoms with Gasteiger partial charge in [0.1, 0.15) is 11.8 Å². The molecule has 7 nitrogen and oxygen atoms in total. The molecule has 1 aliphatic rings. The lowest BCUT2D eigenvalue weighted by Crippen LogP contribution is -2.31. The topological polar surface area (TPSA) is 84.2 Å². The molecule has 0 aliphatic carbocycles. The van der Waals surface area contributed by atoms with Crippen molar-refractivity contribution >= 4 is 5.91 Å². The maximum Gasteiger partial charge on any atom is 0.274 e. The van der Waals surface area contributed by atoms with Crippen LogP contribution in [-0.2, 0) is 0 Å². The molecule has 1 N–H and O–H groups in total. The van der Waals surface area contributed by atoms with Crippen LogP contribution >= 0.6 is 0 Å². The highest BCUT2D eigenvalue weighted by Gasteiger charge is 2.30. The summed E-state index contributed by atoms with van der Waals surface area (Å²) in [5.41, 5.74) is 1.97. The van der Waals surface area contributed by atoms with Crippen molar-refractivity contribution in [3.8, 4) is 17.3 Å². The molecule has 0 radical (unpaired) electrons. The molecule has 1 amide bonds. The van der Waals surface area contributed by atoms with Crippen molar-refractivity contribution in [1.82, 2.24) is 20.1 Å². The molecule has 1 aliphatic heterocycles. The SMILES string of the molecule is Cc1cccc(OC2CCN(C(=O)c3cc(-c4ccco4)[nH]n3)C2)n1. The second-order valence-electron chi connectivity index (χ2n) is 6.04. The predicted octanol–water partition coefficient (Wildman–Crippen LogP) is 2.67. The number of aromatic amines is 1. The number of rotatable bonds is 4. The van der Waals surface area contributed by atoms with Crippen molar-refractivity contribution in [1.29, 1.82) is 0 Å². The lowest BCUT2D eigenvalue weighted by atomic mass is 10.3. The van der Waals surface area contributed by atoms with Crippen LogP contribution in [0.5, 0.6) is 5.88 Å².